The van der Waals surface area contributed by atoms with E-state index in [2.05, 4.69) is 10.9 Å². The molecule has 7 nitrogen and oxygen atoms in total. The lowest BCUT2D eigenvalue weighted by atomic mass is 10.0. The molecule has 0 unspecified atom stereocenters. The quantitative estimate of drug-likeness (QED) is 0.305. The van der Waals surface area contributed by atoms with Crippen LogP contribution in [0.5, 0.6) is 0 Å². The van der Waals surface area contributed by atoms with E-state index in [1.807, 2.05) is 13.8 Å². The second-order valence-corrected chi connectivity index (χ2v) is 5.97. The van der Waals surface area contributed by atoms with E-state index in [9.17, 15) is 14.0 Å². The molecule has 0 radical (unpaired) electrons. The van der Waals surface area contributed by atoms with Crippen molar-refractivity contribution in [3.8, 4) is 0 Å². The van der Waals surface area contributed by atoms with Crippen LogP contribution in [0.25, 0.3) is 0 Å². The van der Waals surface area contributed by atoms with Crippen LogP contribution in [0.1, 0.15) is 46.0 Å². The topological polar surface area (TPSA) is 114 Å². The van der Waals surface area contributed by atoms with Crippen LogP contribution in [0, 0.1) is 5.92 Å². The van der Waals surface area contributed by atoms with Crippen LogP contribution in [0.4, 0.5) is 4.39 Å². The molecule has 0 saturated carbocycles. The molecule has 5 N–H and O–H groups in total. The predicted octanol–water partition coefficient (Wildman–Crippen LogP) is 0.415. The summed E-state index contributed by atoms with van der Waals surface area (Å²) >= 11 is 0. The molecule has 2 atom stereocenters. The second kappa shape index (κ2) is 13.2. The third-order valence-corrected chi connectivity index (χ3v) is 3.07. The number of rotatable bonds is 12. The molecular formula is C15H30FN3O4. The summed E-state index contributed by atoms with van der Waals surface area (Å²) in [5, 5.41) is 8.93. The van der Waals surface area contributed by atoms with E-state index in [-0.39, 0.29) is 18.9 Å². The second-order valence-electron chi connectivity index (χ2n) is 5.97. The molecular weight excluding hydrogens is 305 g/mol. The number of unbranched alkanes of at least 4 members (excludes halogenated alkanes) is 2. The Morgan fingerprint density at radius 3 is 2.52 bits per heavy atom. The fourth-order valence-electron chi connectivity index (χ4n) is 1.83. The molecule has 0 fully saturated rings. The Balaban J connectivity index is 3.55. The van der Waals surface area contributed by atoms with Crippen molar-refractivity contribution >= 4 is 11.8 Å². The molecule has 0 aromatic carbocycles. The van der Waals surface area contributed by atoms with Gasteiger partial charge in [-0.1, -0.05) is 20.3 Å². The highest BCUT2D eigenvalue weighted by Gasteiger charge is 2.15. The van der Waals surface area contributed by atoms with Gasteiger partial charge in [-0.05, 0) is 25.2 Å². The van der Waals surface area contributed by atoms with Crippen LogP contribution in [-0.4, -0.2) is 49.0 Å². The summed E-state index contributed by atoms with van der Waals surface area (Å²) in [7, 11) is 0. The zero-order valence-electron chi connectivity index (χ0n) is 14.0. The molecule has 136 valence electrons. The summed E-state index contributed by atoms with van der Waals surface area (Å²) in [5.41, 5.74) is 10.3. The number of halogens is 1. The molecule has 8 heteroatoms. The molecule has 2 amide bonds. The smallest absolute Gasteiger partial charge is 0.255 e. The summed E-state index contributed by atoms with van der Waals surface area (Å²) < 4.78 is 17.0. The van der Waals surface area contributed by atoms with Crippen LogP contribution >= 0.6 is 0 Å². The fraction of sp³-hybridized carbons (Fsp3) is 0.867. The first-order chi connectivity index (χ1) is 10.9. The van der Waals surface area contributed by atoms with E-state index in [0.717, 1.165) is 12.8 Å². The van der Waals surface area contributed by atoms with Gasteiger partial charge in [-0.15, -0.1) is 0 Å². The number of nitrogens with two attached hydrogens (primary N) is 1. The average molecular weight is 335 g/mol. The van der Waals surface area contributed by atoms with E-state index in [4.69, 9.17) is 15.6 Å². The Labute approximate surface area is 137 Å². The van der Waals surface area contributed by atoms with Crippen molar-refractivity contribution in [2.24, 2.45) is 11.7 Å². The molecule has 0 aromatic heterocycles. The molecule has 0 aliphatic rings. The molecule has 0 aromatic rings. The minimum Gasteiger partial charge on any atom is -0.388 e. The number of ether oxygens (including phenoxy) is 1. The number of hydrazine groups is 1. The fourth-order valence-corrected chi connectivity index (χ4v) is 1.83. The van der Waals surface area contributed by atoms with E-state index in [0.29, 0.717) is 25.4 Å². The van der Waals surface area contributed by atoms with Crippen LogP contribution in [0.15, 0.2) is 0 Å². The third-order valence-electron chi connectivity index (χ3n) is 3.07. The first-order valence-electron chi connectivity index (χ1n) is 8.02. The molecule has 23 heavy (non-hydrogen) atoms. The van der Waals surface area contributed by atoms with Gasteiger partial charge in [-0.25, -0.2) is 4.39 Å². The van der Waals surface area contributed by atoms with E-state index in [1.165, 1.54) is 0 Å². The van der Waals surface area contributed by atoms with Crippen molar-refractivity contribution in [2.45, 2.75) is 58.1 Å². The number of nitrogens with one attached hydrogen (secondary N) is 2. The number of hydrogen-bond donors (Lipinski definition) is 4. The normalized spacial score (nSPS) is 13.7. The zero-order chi connectivity index (χ0) is 17.7. The van der Waals surface area contributed by atoms with E-state index < -0.39 is 24.7 Å². The van der Waals surface area contributed by atoms with Crippen LogP contribution in [0.3, 0.4) is 0 Å². The SMILES string of the molecule is CC(C)C[C@@H](N)C(=O)NNC(=O)CCCCCOC[C@@H](O)CF. The maximum absolute atomic E-state index is 11.9. The van der Waals surface area contributed by atoms with Gasteiger partial charge in [0.05, 0.1) is 12.6 Å². The number of carbonyl (C=O) groups excluding carboxylic acids is 2. The van der Waals surface area contributed by atoms with Gasteiger partial charge in [-0.3, -0.25) is 20.4 Å². The van der Waals surface area contributed by atoms with Crippen molar-refractivity contribution in [1.29, 1.82) is 0 Å². The monoisotopic (exact) mass is 335 g/mol. The Morgan fingerprint density at radius 2 is 1.91 bits per heavy atom. The molecule has 0 aliphatic heterocycles. The molecule has 0 heterocycles. The maximum Gasteiger partial charge on any atom is 0.255 e. The molecule has 0 rings (SSSR count). The van der Waals surface area contributed by atoms with Gasteiger partial charge < -0.3 is 15.6 Å². The summed E-state index contributed by atoms with van der Waals surface area (Å²) in [4.78, 5) is 23.1. The first-order valence-corrected chi connectivity index (χ1v) is 8.02. The highest BCUT2D eigenvalue weighted by molar-refractivity contribution is 5.85. The highest BCUT2D eigenvalue weighted by atomic mass is 19.1. The average Bonchev–Trinajstić information content (AvgIpc) is 2.50. The Morgan fingerprint density at radius 1 is 1.22 bits per heavy atom. The van der Waals surface area contributed by atoms with Crippen LogP contribution < -0.4 is 16.6 Å². The van der Waals surface area contributed by atoms with Gasteiger partial charge in [0.25, 0.3) is 5.91 Å². The van der Waals surface area contributed by atoms with Crippen molar-refractivity contribution in [1.82, 2.24) is 10.9 Å². The largest absolute Gasteiger partial charge is 0.388 e. The lowest BCUT2D eigenvalue weighted by Crippen LogP contribution is -2.49. The van der Waals surface area contributed by atoms with Gasteiger partial charge in [0.15, 0.2) is 0 Å². The molecule has 0 bridgehead atoms. The van der Waals surface area contributed by atoms with Gasteiger partial charge in [0, 0.05) is 13.0 Å². The van der Waals surface area contributed by atoms with Crippen molar-refractivity contribution in [3.63, 3.8) is 0 Å². The van der Waals surface area contributed by atoms with Gasteiger partial charge in [0.2, 0.25) is 5.91 Å². The van der Waals surface area contributed by atoms with Crippen LogP contribution in [-0.2, 0) is 14.3 Å². The summed E-state index contributed by atoms with van der Waals surface area (Å²) in [6.07, 6.45) is 1.91. The minimum absolute atomic E-state index is 0.0142. The number of alkyl halides is 1. The number of amides is 2. The van der Waals surface area contributed by atoms with Crippen LogP contribution in [0.2, 0.25) is 0 Å². The van der Waals surface area contributed by atoms with Crippen molar-refractivity contribution in [3.05, 3.63) is 0 Å². The number of aliphatic hydroxyl groups is 1. The summed E-state index contributed by atoms with van der Waals surface area (Å²) in [5.74, 6) is -0.365. The van der Waals surface area contributed by atoms with E-state index >= 15 is 0 Å². The summed E-state index contributed by atoms with van der Waals surface area (Å²) in [6.45, 7) is 3.52. The number of carbonyl (C=O) groups is 2. The maximum atomic E-state index is 11.9. The highest BCUT2D eigenvalue weighted by Crippen LogP contribution is 2.02. The summed E-state index contributed by atoms with van der Waals surface area (Å²) in [6, 6.07) is -0.632. The number of aliphatic hydroxyl groups excluding tert-OH is 1. The van der Waals surface area contributed by atoms with E-state index in [1.54, 1.807) is 0 Å². The molecule has 0 spiro atoms. The predicted molar refractivity (Wildman–Crippen MR) is 85.0 cm³/mol. The van der Waals surface area contributed by atoms with Gasteiger partial charge in [-0.2, -0.15) is 0 Å². The number of hydrogen-bond acceptors (Lipinski definition) is 5. The lowest BCUT2D eigenvalue weighted by molar-refractivity contribution is -0.129. The standard InChI is InChI=1S/C15H30FN3O4/c1-11(2)8-13(17)15(22)19-18-14(21)6-4-3-5-7-23-10-12(20)9-16/h11-13,20H,3-10,17H2,1-2H3,(H,18,21)(H,19,22)/t12-,13+/m0/s1. The molecule has 0 saturated heterocycles. The molecule has 0 aliphatic carbocycles. The third kappa shape index (κ3) is 12.9. The Kier molecular flexibility index (Phi) is 12.5. The lowest BCUT2D eigenvalue weighted by Gasteiger charge is -2.14. The first kappa shape index (κ1) is 21.8. The van der Waals surface area contributed by atoms with Gasteiger partial charge >= 0.3 is 0 Å². The van der Waals surface area contributed by atoms with Crippen molar-refractivity contribution < 1.29 is 23.8 Å². The van der Waals surface area contributed by atoms with Gasteiger partial charge in [0.1, 0.15) is 12.8 Å². The Bertz CT molecular complexity index is 343. The van der Waals surface area contributed by atoms with Crippen molar-refractivity contribution in [2.75, 3.05) is 19.9 Å². The zero-order valence-corrected chi connectivity index (χ0v) is 14.0. The Hall–Kier alpha value is -1.25. The minimum atomic E-state index is -1.06.